The Hall–Kier alpha value is -1.64. The van der Waals surface area contributed by atoms with Crippen LogP contribution in [0.1, 0.15) is 32.2 Å². The minimum absolute atomic E-state index is 0.0889. The van der Waals surface area contributed by atoms with E-state index in [1.165, 1.54) is 22.5 Å². The van der Waals surface area contributed by atoms with E-state index in [1.54, 1.807) is 39.3 Å². The molecule has 23 heavy (non-hydrogen) atoms. The van der Waals surface area contributed by atoms with Crippen LogP contribution in [0.25, 0.3) is 0 Å². The Balaban J connectivity index is 2.51. The average molecular weight is 354 g/mol. The molecule has 1 aliphatic rings. The summed E-state index contributed by atoms with van der Waals surface area (Å²) in [6.45, 7) is 7.19. The van der Waals surface area contributed by atoms with Gasteiger partial charge in [-0.1, -0.05) is 16.8 Å². The van der Waals surface area contributed by atoms with Gasteiger partial charge in [0.1, 0.15) is 12.6 Å². The Bertz CT molecular complexity index is 690. The van der Waals surface area contributed by atoms with Crippen LogP contribution >= 0.6 is 23.6 Å². The van der Waals surface area contributed by atoms with Gasteiger partial charge < -0.3 is 4.74 Å². The zero-order valence-corrected chi connectivity index (χ0v) is 15.5. The highest BCUT2D eigenvalue weighted by atomic mass is 32.1. The van der Waals surface area contributed by atoms with Gasteiger partial charge in [0, 0.05) is 4.86 Å². The molecule has 1 unspecified atom stereocenters. The molecule has 0 radical (unpaired) electrons. The Morgan fingerprint density at radius 2 is 2.13 bits per heavy atom. The fourth-order valence-corrected chi connectivity index (χ4v) is 2.94. The topological polar surface area (TPSA) is 59.5 Å². The van der Waals surface area contributed by atoms with E-state index < -0.39 is 16.3 Å². The lowest BCUT2D eigenvalue weighted by molar-refractivity contribution is -0.138. The molecular formula is C15H20N3O3S2+. The number of hydrogen-bond donors (Lipinski definition) is 0. The van der Waals surface area contributed by atoms with E-state index in [1.807, 2.05) is 6.92 Å². The molecule has 1 aliphatic heterocycles. The minimum Gasteiger partial charge on any atom is -0.412 e. The minimum atomic E-state index is -0.681. The van der Waals surface area contributed by atoms with Gasteiger partial charge in [0.2, 0.25) is 0 Å². The lowest BCUT2D eigenvalue weighted by atomic mass is 10.2. The highest BCUT2D eigenvalue weighted by Crippen LogP contribution is 2.30. The van der Waals surface area contributed by atoms with Crippen LogP contribution in [0, 0.1) is 6.92 Å². The first kappa shape index (κ1) is 17.7. The maximum absolute atomic E-state index is 12.9. The maximum Gasteiger partial charge on any atom is 0.548 e. The molecular weight excluding hydrogens is 334 g/mol. The van der Waals surface area contributed by atoms with Gasteiger partial charge in [-0.15, -0.1) is 16.3 Å². The number of carbonyl (C=O) groups is 2. The number of hydrogen-bond acceptors (Lipinski definition) is 6. The number of thiazole rings is 1. The molecule has 1 aromatic rings. The predicted octanol–water partition coefficient (Wildman–Crippen LogP) is 3.35. The molecule has 0 aliphatic carbocycles. The normalized spacial score (nSPS) is 18.0. The molecule has 1 atom stereocenters. The standard InChI is InChI=1S/C15H20N3O3S2/c1-10-16-12(9-23-10)18(5,14(20)21-15(2,3)4)17-7-6-11(22)8-13(17)19/h6-7,9H,8H2,1-5H3/q+1. The molecule has 0 bridgehead atoms. The fourth-order valence-electron chi connectivity index (χ4n) is 2.08. The third-order valence-electron chi connectivity index (χ3n) is 3.22. The lowest BCUT2D eigenvalue weighted by Crippen LogP contribution is -2.64. The van der Waals surface area contributed by atoms with Gasteiger partial charge in [-0.3, -0.25) is 4.79 Å². The summed E-state index contributed by atoms with van der Waals surface area (Å²) in [7, 11) is 1.60. The molecule has 0 N–H and O–H groups in total. The molecule has 0 fully saturated rings. The van der Waals surface area contributed by atoms with E-state index in [0.717, 1.165) is 5.01 Å². The lowest BCUT2D eigenvalue weighted by Gasteiger charge is -2.37. The smallest absolute Gasteiger partial charge is 0.412 e. The largest absolute Gasteiger partial charge is 0.548 e. The van der Waals surface area contributed by atoms with Gasteiger partial charge in [0.25, 0.3) is 11.7 Å². The van der Waals surface area contributed by atoms with Crippen molar-refractivity contribution in [3.8, 4) is 0 Å². The Kier molecular flexibility index (Phi) is 4.70. The van der Waals surface area contributed by atoms with Crippen LogP contribution in [0.5, 0.6) is 0 Å². The van der Waals surface area contributed by atoms with Crippen LogP contribution < -0.4 is 4.59 Å². The number of thiocarbonyl (C=S) groups is 1. The van der Waals surface area contributed by atoms with E-state index in [9.17, 15) is 9.59 Å². The van der Waals surface area contributed by atoms with Crippen molar-refractivity contribution < 1.29 is 14.3 Å². The number of aryl methyl sites for hydroxylation is 1. The summed E-state index contributed by atoms with van der Waals surface area (Å²) in [5, 5.41) is 3.88. The van der Waals surface area contributed by atoms with Crippen molar-refractivity contribution in [3.05, 3.63) is 22.7 Å². The summed E-state index contributed by atoms with van der Waals surface area (Å²) in [4.78, 5) is 30.2. The maximum atomic E-state index is 12.9. The summed E-state index contributed by atoms with van der Waals surface area (Å²) in [6, 6.07) is 0. The summed E-state index contributed by atoms with van der Waals surface area (Å²) in [5.41, 5.74) is -0.681. The van der Waals surface area contributed by atoms with E-state index in [0.29, 0.717) is 10.7 Å². The number of allylic oxidation sites excluding steroid dienone is 1. The quantitative estimate of drug-likeness (QED) is 0.602. The van der Waals surface area contributed by atoms with Gasteiger partial charge in [0.15, 0.2) is 0 Å². The van der Waals surface area contributed by atoms with Gasteiger partial charge in [-0.25, -0.2) is 0 Å². The first-order valence-corrected chi connectivity index (χ1v) is 8.39. The number of quaternary nitrogens is 1. The number of ether oxygens (including phenoxy) is 1. The summed E-state index contributed by atoms with van der Waals surface area (Å²) < 4.78 is 5.03. The highest BCUT2D eigenvalue weighted by molar-refractivity contribution is 7.80. The van der Waals surface area contributed by atoms with Crippen LogP contribution in [-0.4, -0.2) is 39.5 Å². The van der Waals surface area contributed by atoms with Gasteiger partial charge in [-0.05, 0) is 33.8 Å². The Morgan fingerprint density at radius 1 is 1.48 bits per heavy atom. The van der Waals surface area contributed by atoms with Gasteiger partial charge in [-0.2, -0.15) is 9.78 Å². The number of rotatable bonds is 2. The monoisotopic (exact) mass is 354 g/mol. The van der Waals surface area contributed by atoms with Crippen LogP contribution in [0.2, 0.25) is 0 Å². The zero-order chi connectivity index (χ0) is 17.4. The first-order chi connectivity index (χ1) is 10.5. The molecule has 2 heterocycles. The van der Waals surface area contributed by atoms with Gasteiger partial charge in [0.05, 0.1) is 23.0 Å². The van der Waals surface area contributed by atoms with Crippen molar-refractivity contribution >= 4 is 46.2 Å². The van der Waals surface area contributed by atoms with Crippen molar-refractivity contribution in [1.29, 1.82) is 0 Å². The van der Waals surface area contributed by atoms with E-state index in [2.05, 4.69) is 4.98 Å². The van der Waals surface area contributed by atoms with Crippen molar-refractivity contribution in [2.75, 3.05) is 7.05 Å². The molecule has 0 aromatic carbocycles. The molecule has 8 heteroatoms. The summed E-state index contributed by atoms with van der Waals surface area (Å²) in [5.74, 6) is 0.170. The SMILES string of the molecule is Cc1nc([N+](C)(C(=O)OC(C)(C)C)N2C=CC(=S)CC2=O)cs1. The second-order valence-corrected chi connectivity index (χ2v) is 7.95. The van der Waals surface area contributed by atoms with Crippen molar-refractivity contribution in [3.63, 3.8) is 0 Å². The van der Waals surface area contributed by atoms with Crippen molar-refractivity contribution in [2.24, 2.45) is 0 Å². The molecule has 2 rings (SSSR count). The van der Waals surface area contributed by atoms with Crippen LogP contribution in [-0.2, 0) is 9.53 Å². The number of nitrogens with zero attached hydrogens (tertiary/aromatic N) is 3. The predicted molar refractivity (Wildman–Crippen MR) is 94.0 cm³/mol. The molecule has 0 spiro atoms. The zero-order valence-electron chi connectivity index (χ0n) is 13.8. The molecule has 0 saturated carbocycles. The van der Waals surface area contributed by atoms with Gasteiger partial charge >= 0.3 is 6.09 Å². The summed E-state index contributed by atoms with van der Waals surface area (Å²) in [6.07, 6.45) is 2.68. The second kappa shape index (κ2) is 6.10. The second-order valence-electron chi connectivity index (χ2n) is 6.36. The average Bonchev–Trinajstić information content (AvgIpc) is 2.83. The van der Waals surface area contributed by atoms with Crippen LogP contribution in [0.4, 0.5) is 10.6 Å². The van der Waals surface area contributed by atoms with E-state index >= 15 is 0 Å². The molecule has 0 saturated heterocycles. The van der Waals surface area contributed by atoms with Crippen molar-refractivity contribution in [2.45, 2.75) is 39.7 Å². The van der Waals surface area contributed by atoms with E-state index in [4.69, 9.17) is 17.0 Å². The van der Waals surface area contributed by atoms with Crippen molar-refractivity contribution in [1.82, 2.24) is 14.6 Å². The number of amides is 2. The Morgan fingerprint density at radius 3 is 2.61 bits per heavy atom. The van der Waals surface area contributed by atoms with Crippen LogP contribution in [0.15, 0.2) is 17.7 Å². The molecule has 124 valence electrons. The Labute approximate surface area is 144 Å². The molecule has 2 amide bonds. The number of aromatic nitrogens is 1. The molecule has 1 aromatic heterocycles. The number of carbonyl (C=O) groups excluding carboxylic acids is 2. The summed E-state index contributed by atoms with van der Waals surface area (Å²) >= 11 is 6.47. The first-order valence-electron chi connectivity index (χ1n) is 7.10. The molecule has 6 nitrogen and oxygen atoms in total. The fraction of sp³-hybridized carbons (Fsp3) is 0.467. The van der Waals surface area contributed by atoms with E-state index in [-0.39, 0.29) is 12.3 Å². The van der Waals surface area contributed by atoms with Crippen LogP contribution in [0.3, 0.4) is 0 Å². The third kappa shape index (κ3) is 3.65. The highest BCUT2D eigenvalue weighted by Gasteiger charge is 2.49. The third-order valence-corrected chi connectivity index (χ3v) is 4.26.